The summed E-state index contributed by atoms with van der Waals surface area (Å²) >= 11 is 1.50. The van der Waals surface area contributed by atoms with Crippen molar-refractivity contribution in [2.45, 2.75) is 41.6 Å². The first-order valence-electron chi connectivity index (χ1n) is 7.72. The van der Waals surface area contributed by atoms with Gasteiger partial charge in [-0.2, -0.15) is 0 Å². The van der Waals surface area contributed by atoms with E-state index in [0.717, 1.165) is 30.0 Å². The molecule has 1 aromatic rings. The number of carbonyl (C=O) groups is 2. The number of carbonyl (C=O) groups excluding carboxylic acids is 2. The van der Waals surface area contributed by atoms with Crippen LogP contribution < -0.4 is 10.2 Å². The van der Waals surface area contributed by atoms with Gasteiger partial charge in [-0.25, -0.2) is 0 Å². The molecule has 0 aromatic heterocycles. The molecule has 1 N–H and O–H groups in total. The number of nitrogens with one attached hydrogen (secondary N) is 1. The second kappa shape index (κ2) is 5.28. The average Bonchev–Trinajstić information content (AvgIpc) is 3.21. The van der Waals surface area contributed by atoms with Crippen LogP contribution in [0, 0.1) is 0 Å². The molecule has 116 valence electrons. The van der Waals surface area contributed by atoms with E-state index in [-0.39, 0.29) is 17.9 Å². The maximum Gasteiger partial charge on any atom is 0.257 e. The summed E-state index contributed by atoms with van der Waals surface area (Å²) in [7, 11) is 0. The van der Waals surface area contributed by atoms with Crippen molar-refractivity contribution in [1.29, 1.82) is 0 Å². The lowest BCUT2D eigenvalue weighted by Crippen LogP contribution is -2.53. The van der Waals surface area contributed by atoms with Gasteiger partial charge in [0.1, 0.15) is 0 Å². The smallest absolute Gasteiger partial charge is 0.257 e. The number of anilines is 1. The van der Waals surface area contributed by atoms with Gasteiger partial charge in [0, 0.05) is 24.5 Å². The Kier molecular flexibility index (Phi) is 3.38. The summed E-state index contributed by atoms with van der Waals surface area (Å²) in [5, 5.41) is 3.01. The highest BCUT2D eigenvalue weighted by Crippen LogP contribution is 2.55. The molecule has 3 heterocycles. The van der Waals surface area contributed by atoms with E-state index >= 15 is 0 Å². The van der Waals surface area contributed by atoms with E-state index in [1.807, 2.05) is 24.3 Å². The second-order valence-electron chi connectivity index (χ2n) is 5.93. The zero-order valence-electron chi connectivity index (χ0n) is 12.2. The molecule has 1 aromatic carbocycles. The molecule has 0 spiro atoms. The molecule has 0 saturated carbocycles. The van der Waals surface area contributed by atoms with Crippen molar-refractivity contribution in [2.24, 2.45) is 0 Å². The monoisotopic (exact) mass is 318 g/mol. The lowest BCUT2D eigenvalue weighted by atomic mass is 10.1. The van der Waals surface area contributed by atoms with Crippen molar-refractivity contribution in [3.05, 3.63) is 24.3 Å². The van der Waals surface area contributed by atoms with Gasteiger partial charge in [-0.15, -0.1) is 0 Å². The van der Waals surface area contributed by atoms with Crippen LogP contribution in [0.5, 0.6) is 0 Å². The number of para-hydroxylation sites is 1. The van der Waals surface area contributed by atoms with Gasteiger partial charge < -0.3 is 10.1 Å². The number of thioether (sulfide) groups is 1. The molecular formula is C16H18N2O3S. The Balaban J connectivity index is 1.57. The van der Waals surface area contributed by atoms with Crippen molar-refractivity contribution in [1.82, 2.24) is 5.32 Å². The summed E-state index contributed by atoms with van der Waals surface area (Å²) in [5.74, 6) is -0.0419. The van der Waals surface area contributed by atoms with Crippen molar-refractivity contribution in [3.63, 3.8) is 0 Å². The van der Waals surface area contributed by atoms with Crippen LogP contribution in [0.15, 0.2) is 29.2 Å². The Bertz CT molecular complexity index is 630. The Labute approximate surface area is 133 Å². The SMILES string of the molecule is O=C1CCC2(C(=O)NCC3CCCO3)Sc3ccccc3N12. The molecule has 0 bridgehead atoms. The topological polar surface area (TPSA) is 58.6 Å². The number of hydrogen-bond acceptors (Lipinski definition) is 4. The summed E-state index contributed by atoms with van der Waals surface area (Å²) in [6.45, 7) is 1.30. The van der Waals surface area contributed by atoms with Crippen LogP contribution in [0.2, 0.25) is 0 Å². The third-order valence-electron chi connectivity index (χ3n) is 4.54. The van der Waals surface area contributed by atoms with E-state index in [4.69, 9.17) is 4.74 Å². The quantitative estimate of drug-likeness (QED) is 0.925. The van der Waals surface area contributed by atoms with E-state index in [9.17, 15) is 9.59 Å². The van der Waals surface area contributed by atoms with Gasteiger partial charge in [0.25, 0.3) is 5.91 Å². The predicted molar refractivity (Wildman–Crippen MR) is 83.7 cm³/mol. The van der Waals surface area contributed by atoms with E-state index in [0.29, 0.717) is 19.4 Å². The van der Waals surface area contributed by atoms with Crippen molar-refractivity contribution >= 4 is 29.3 Å². The van der Waals surface area contributed by atoms with Gasteiger partial charge in [0.05, 0.1) is 11.8 Å². The van der Waals surface area contributed by atoms with Crippen LogP contribution in [0.3, 0.4) is 0 Å². The number of fused-ring (bicyclic) bond motifs is 3. The molecule has 6 heteroatoms. The number of rotatable bonds is 3. The molecule has 3 aliphatic rings. The van der Waals surface area contributed by atoms with Crippen LogP contribution in [0.1, 0.15) is 25.7 Å². The fourth-order valence-corrected chi connectivity index (χ4v) is 4.88. The Morgan fingerprint density at radius 2 is 2.32 bits per heavy atom. The fraction of sp³-hybridized carbons (Fsp3) is 0.500. The Morgan fingerprint density at radius 1 is 1.45 bits per heavy atom. The fourth-order valence-electron chi connectivity index (χ4n) is 3.45. The van der Waals surface area contributed by atoms with Gasteiger partial charge in [0.15, 0.2) is 4.87 Å². The highest BCUT2D eigenvalue weighted by molar-refractivity contribution is 8.02. The third kappa shape index (κ3) is 2.05. The predicted octanol–water partition coefficient (Wildman–Crippen LogP) is 1.91. The van der Waals surface area contributed by atoms with Gasteiger partial charge in [0.2, 0.25) is 5.91 Å². The number of amides is 2. The molecule has 0 aliphatic carbocycles. The van der Waals surface area contributed by atoms with E-state index in [1.54, 1.807) is 4.90 Å². The van der Waals surface area contributed by atoms with Crippen molar-refractivity contribution < 1.29 is 14.3 Å². The summed E-state index contributed by atoms with van der Waals surface area (Å²) in [5.41, 5.74) is 0.863. The maximum absolute atomic E-state index is 12.8. The van der Waals surface area contributed by atoms with Gasteiger partial charge in [-0.05, 0) is 31.4 Å². The number of nitrogens with zero attached hydrogens (tertiary/aromatic N) is 1. The van der Waals surface area contributed by atoms with E-state index in [2.05, 4.69) is 5.32 Å². The molecule has 0 radical (unpaired) electrons. The zero-order chi connectivity index (χ0) is 15.2. The summed E-state index contributed by atoms with van der Waals surface area (Å²) in [6.07, 6.45) is 3.14. The van der Waals surface area contributed by atoms with E-state index in [1.165, 1.54) is 11.8 Å². The average molecular weight is 318 g/mol. The minimum Gasteiger partial charge on any atom is -0.376 e. The summed E-state index contributed by atoms with van der Waals surface area (Å²) in [4.78, 5) is 27.0. The first kappa shape index (κ1) is 14.1. The van der Waals surface area contributed by atoms with E-state index < -0.39 is 4.87 Å². The largest absolute Gasteiger partial charge is 0.376 e. The molecule has 2 amide bonds. The molecule has 2 unspecified atom stereocenters. The minimum absolute atomic E-state index is 0.0321. The van der Waals surface area contributed by atoms with Crippen LogP contribution in [-0.4, -0.2) is 35.9 Å². The molecule has 2 atom stereocenters. The number of benzene rings is 1. The van der Waals surface area contributed by atoms with Crippen LogP contribution in [0.25, 0.3) is 0 Å². The van der Waals surface area contributed by atoms with Crippen LogP contribution >= 0.6 is 11.8 Å². The Morgan fingerprint density at radius 3 is 3.14 bits per heavy atom. The summed E-state index contributed by atoms with van der Waals surface area (Å²) < 4.78 is 5.56. The summed E-state index contributed by atoms with van der Waals surface area (Å²) in [6, 6.07) is 7.74. The molecule has 22 heavy (non-hydrogen) atoms. The maximum atomic E-state index is 12.8. The lowest BCUT2D eigenvalue weighted by Gasteiger charge is -2.30. The highest BCUT2D eigenvalue weighted by Gasteiger charge is 2.57. The van der Waals surface area contributed by atoms with Gasteiger partial charge >= 0.3 is 0 Å². The Hall–Kier alpha value is -1.53. The second-order valence-corrected chi connectivity index (χ2v) is 7.25. The molecule has 3 aliphatic heterocycles. The van der Waals surface area contributed by atoms with Crippen molar-refractivity contribution in [3.8, 4) is 0 Å². The van der Waals surface area contributed by atoms with Crippen molar-refractivity contribution in [2.75, 3.05) is 18.1 Å². The minimum atomic E-state index is -0.806. The number of hydrogen-bond donors (Lipinski definition) is 1. The van der Waals surface area contributed by atoms with Crippen LogP contribution in [-0.2, 0) is 14.3 Å². The first-order chi connectivity index (χ1) is 10.7. The third-order valence-corrected chi connectivity index (χ3v) is 6.02. The highest BCUT2D eigenvalue weighted by atomic mass is 32.2. The molecular weight excluding hydrogens is 300 g/mol. The molecule has 5 nitrogen and oxygen atoms in total. The molecule has 4 rings (SSSR count). The standard InChI is InChI=1S/C16H18N2O3S/c19-14-7-8-16(15(20)17-10-11-4-3-9-21-11)18(14)12-5-1-2-6-13(12)22-16/h1-2,5-6,11H,3-4,7-10H2,(H,17,20). The molecule has 2 saturated heterocycles. The number of ether oxygens (including phenoxy) is 1. The normalized spacial score (nSPS) is 29.5. The van der Waals surface area contributed by atoms with Gasteiger partial charge in [-0.3, -0.25) is 14.5 Å². The molecule has 2 fully saturated rings. The van der Waals surface area contributed by atoms with Gasteiger partial charge in [-0.1, -0.05) is 23.9 Å². The first-order valence-corrected chi connectivity index (χ1v) is 8.53. The lowest BCUT2D eigenvalue weighted by molar-refractivity contribution is -0.125. The van der Waals surface area contributed by atoms with Crippen LogP contribution in [0.4, 0.5) is 5.69 Å². The zero-order valence-corrected chi connectivity index (χ0v) is 13.0.